The number of aromatic carboxylic acids is 1. The Morgan fingerprint density at radius 3 is 2.37 bits per heavy atom. The van der Waals surface area contributed by atoms with Crippen molar-refractivity contribution in [1.82, 2.24) is 0 Å². The number of benzene rings is 2. The first kappa shape index (κ1) is 19.4. The zero-order valence-corrected chi connectivity index (χ0v) is 16.1. The molecule has 0 radical (unpaired) electrons. The van der Waals surface area contributed by atoms with Crippen molar-refractivity contribution in [2.75, 3.05) is 10.1 Å². The molecule has 0 unspecified atom stereocenters. The van der Waals surface area contributed by atoms with E-state index in [1.165, 1.54) is 30.3 Å². The van der Waals surface area contributed by atoms with E-state index in [0.717, 1.165) is 15.8 Å². The predicted molar refractivity (Wildman–Crippen MR) is 101 cm³/mol. The van der Waals surface area contributed by atoms with Gasteiger partial charge in [0, 0.05) is 5.41 Å². The fourth-order valence-electron chi connectivity index (χ4n) is 2.73. The molecule has 142 valence electrons. The Hall–Kier alpha value is -2.36. The van der Waals surface area contributed by atoms with E-state index in [1.807, 2.05) is 0 Å². The number of anilines is 1. The number of hydrogen-bond acceptors (Lipinski definition) is 5. The molecule has 27 heavy (non-hydrogen) atoms. The van der Waals surface area contributed by atoms with E-state index in [-0.39, 0.29) is 16.3 Å². The van der Waals surface area contributed by atoms with Crippen molar-refractivity contribution in [1.29, 1.82) is 0 Å². The molecule has 1 aliphatic rings. The second kappa shape index (κ2) is 6.99. The molecule has 1 heterocycles. The van der Waals surface area contributed by atoms with Gasteiger partial charge in [0.05, 0.1) is 28.1 Å². The standard InChI is InChI=1S/C17H14ClNO6S2/c18-15-7-6-12(17(20)21)10-16(15)27(24,25)19(13-4-2-1-3-5-13)14-8-9-26(22,23)11-14/h1-10,14H,11H2,(H,20,21)/t14-/m0/s1. The van der Waals surface area contributed by atoms with Gasteiger partial charge in [-0.3, -0.25) is 4.31 Å². The van der Waals surface area contributed by atoms with Crippen LogP contribution < -0.4 is 4.31 Å². The fraction of sp³-hybridized carbons (Fsp3) is 0.118. The zero-order valence-electron chi connectivity index (χ0n) is 13.7. The molecule has 1 atom stereocenters. The maximum atomic E-state index is 13.3. The number of carbonyl (C=O) groups is 1. The summed E-state index contributed by atoms with van der Waals surface area (Å²) < 4.78 is 51.3. The van der Waals surface area contributed by atoms with Gasteiger partial charge in [0.1, 0.15) is 4.90 Å². The van der Waals surface area contributed by atoms with Gasteiger partial charge in [0.15, 0.2) is 9.84 Å². The number of halogens is 1. The molecule has 0 aromatic heterocycles. The van der Waals surface area contributed by atoms with Crippen molar-refractivity contribution >= 4 is 43.1 Å². The highest BCUT2D eigenvalue weighted by molar-refractivity contribution is 7.95. The van der Waals surface area contributed by atoms with Crippen molar-refractivity contribution in [3.63, 3.8) is 0 Å². The van der Waals surface area contributed by atoms with Crippen LogP contribution in [0, 0.1) is 0 Å². The molecule has 10 heteroatoms. The molecule has 0 spiro atoms. The Labute approximate surface area is 161 Å². The Bertz CT molecular complexity index is 1130. The van der Waals surface area contributed by atoms with Crippen molar-refractivity contribution in [3.05, 3.63) is 70.6 Å². The van der Waals surface area contributed by atoms with Crippen LogP contribution in [0.15, 0.2) is 64.9 Å². The first-order valence-electron chi connectivity index (χ1n) is 7.65. The molecule has 0 bridgehead atoms. The molecular weight excluding hydrogens is 414 g/mol. The topological polar surface area (TPSA) is 109 Å². The number of carboxylic acid groups (broad SMARTS) is 1. The van der Waals surface area contributed by atoms with Gasteiger partial charge < -0.3 is 5.11 Å². The molecule has 0 fully saturated rings. The number of sulfone groups is 1. The summed E-state index contributed by atoms with van der Waals surface area (Å²) in [5, 5.41) is 9.97. The minimum absolute atomic E-state index is 0.161. The predicted octanol–water partition coefficient (Wildman–Crippen LogP) is 2.54. The van der Waals surface area contributed by atoms with Crippen LogP contribution in [0.3, 0.4) is 0 Å². The average Bonchev–Trinajstić information content (AvgIpc) is 2.95. The van der Waals surface area contributed by atoms with Crippen LogP contribution in [0.5, 0.6) is 0 Å². The lowest BCUT2D eigenvalue weighted by molar-refractivity contribution is 0.0696. The van der Waals surface area contributed by atoms with Crippen LogP contribution >= 0.6 is 11.6 Å². The highest BCUT2D eigenvalue weighted by Gasteiger charge is 2.37. The first-order valence-corrected chi connectivity index (χ1v) is 11.2. The van der Waals surface area contributed by atoms with Crippen LogP contribution in [0.2, 0.25) is 5.02 Å². The van der Waals surface area contributed by atoms with E-state index < -0.39 is 42.5 Å². The zero-order chi connectivity index (χ0) is 19.8. The van der Waals surface area contributed by atoms with Gasteiger partial charge in [-0.05, 0) is 36.4 Å². The maximum absolute atomic E-state index is 13.3. The molecule has 3 rings (SSSR count). The highest BCUT2D eigenvalue weighted by atomic mass is 35.5. The van der Waals surface area contributed by atoms with E-state index >= 15 is 0 Å². The second-order valence-corrected chi connectivity index (χ2v) is 9.93. The van der Waals surface area contributed by atoms with Gasteiger partial charge >= 0.3 is 5.97 Å². The molecule has 0 saturated carbocycles. The Balaban J connectivity index is 2.19. The van der Waals surface area contributed by atoms with Crippen LogP contribution in [0.4, 0.5) is 5.69 Å². The van der Waals surface area contributed by atoms with Crippen LogP contribution in [0.25, 0.3) is 0 Å². The van der Waals surface area contributed by atoms with Crippen LogP contribution in [-0.2, 0) is 19.9 Å². The smallest absolute Gasteiger partial charge is 0.335 e. The van der Waals surface area contributed by atoms with E-state index in [1.54, 1.807) is 18.2 Å². The van der Waals surface area contributed by atoms with E-state index in [9.17, 15) is 21.6 Å². The second-order valence-electron chi connectivity index (χ2n) is 5.81. The summed E-state index contributed by atoms with van der Waals surface area (Å²) in [5.41, 5.74) is -0.0124. The summed E-state index contributed by atoms with van der Waals surface area (Å²) in [6, 6.07) is 10.3. The van der Waals surface area contributed by atoms with Crippen molar-refractivity contribution in [2.45, 2.75) is 10.9 Å². The SMILES string of the molecule is O=C(O)c1ccc(Cl)c(S(=O)(=O)N(c2ccccc2)[C@H]2C=CS(=O)(=O)C2)c1. The number of nitrogens with zero attached hydrogens (tertiary/aromatic N) is 1. The lowest BCUT2D eigenvalue weighted by atomic mass is 10.2. The minimum atomic E-state index is -4.35. The third-order valence-electron chi connectivity index (χ3n) is 3.94. The van der Waals surface area contributed by atoms with E-state index in [4.69, 9.17) is 16.7 Å². The summed E-state index contributed by atoms with van der Waals surface area (Å²) in [5.74, 6) is -1.73. The van der Waals surface area contributed by atoms with Gasteiger partial charge in [0.25, 0.3) is 10.0 Å². The van der Waals surface area contributed by atoms with Crippen molar-refractivity contribution in [3.8, 4) is 0 Å². The van der Waals surface area contributed by atoms with Gasteiger partial charge in [-0.25, -0.2) is 21.6 Å². The number of para-hydroxylation sites is 1. The minimum Gasteiger partial charge on any atom is -0.478 e. The molecule has 2 aromatic rings. The molecule has 0 aliphatic carbocycles. The van der Waals surface area contributed by atoms with Gasteiger partial charge in [0.2, 0.25) is 0 Å². The largest absolute Gasteiger partial charge is 0.478 e. The Morgan fingerprint density at radius 1 is 1.15 bits per heavy atom. The fourth-order valence-corrected chi connectivity index (χ4v) is 6.20. The molecule has 0 amide bonds. The molecule has 0 saturated heterocycles. The maximum Gasteiger partial charge on any atom is 0.335 e. The third-order valence-corrected chi connectivity index (χ3v) is 7.65. The molecule has 1 N–H and O–H groups in total. The molecule has 7 nitrogen and oxygen atoms in total. The number of rotatable bonds is 5. The Kier molecular flexibility index (Phi) is 5.02. The third kappa shape index (κ3) is 3.85. The number of sulfonamides is 1. The van der Waals surface area contributed by atoms with E-state index in [2.05, 4.69) is 0 Å². The molecule has 1 aliphatic heterocycles. The van der Waals surface area contributed by atoms with E-state index in [0.29, 0.717) is 0 Å². The molecule has 2 aromatic carbocycles. The normalized spacial score (nSPS) is 18.3. The summed E-state index contributed by atoms with van der Waals surface area (Å²) in [4.78, 5) is 10.8. The number of carboxylic acids is 1. The Morgan fingerprint density at radius 2 is 1.81 bits per heavy atom. The van der Waals surface area contributed by atoms with Gasteiger partial charge in [-0.1, -0.05) is 29.8 Å². The lowest BCUT2D eigenvalue weighted by Crippen LogP contribution is -2.41. The van der Waals surface area contributed by atoms with Crippen molar-refractivity contribution in [2.24, 2.45) is 0 Å². The van der Waals surface area contributed by atoms with Gasteiger partial charge in [-0.2, -0.15) is 0 Å². The van der Waals surface area contributed by atoms with Crippen LogP contribution in [-0.4, -0.2) is 39.7 Å². The van der Waals surface area contributed by atoms with Crippen LogP contribution in [0.1, 0.15) is 10.4 Å². The summed E-state index contributed by atoms with van der Waals surface area (Å²) in [6.07, 6.45) is 1.29. The summed E-state index contributed by atoms with van der Waals surface area (Å²) >= 11 is 6.04. The summed E-state index contributed by atoms with van der Waals surface area (Å²) in [7, 11) is -7.89. The average molecular weight is 428 g/mol. The monoisotopic (exact) mass is 427 g/mol. The molecular formula is C17H14ClNO6S2. The quantitative estimate of drug-likeness (QED) is 0.785. The number of hydrogen-bond donors (Lipinski definition) is 1. The lowest BCUT2D eigenvalue weighted by Gasteiger charge is -2.29. The first-order chi connectivity index (χ1) is 12.6. The summed E-state index contributed by atoms with van der Waals surface area (Å²) in [6.45, 7) is 0. The highest BCUT2D eigenvalue weighted by Crippen LogP contribution is 2.33. The van der Waals surface area contributed by atoms with Gasteiger partial charge in [-0.15, -0.1) is 0 Å². The van der Waals surface area contributed by atoms with Crippen molar-refractivity contribution < 1.29 is 26.7 Å².